The molecule has 2 aromatic rings. The SMILES string of the molecule is CCOc1cccc(C(O)c2cc(Br)sc2Br)c1. The number of hydrogen-bond acceptors (Lipinski definition) is 3. The van der Waals surface area contributed by atoms with Gasteiger partial charge in [-0.25, -0.2) is 0 Å². The third-order valence-electron chi connectivity index (χ3n) is 2.46. The average Bonchev–Trinajstić information content (AvgIpc) is 2.68. The van der Waals surface area contributed by atoms with E-state index in [1.807, 2.05) is 37.3 Å². The highest BCUT2D eigenvalue weighted by Crippen LogP contribution is 2.38. The monoisotopic (exact) mass is 390 g/mol. The van der Waals surface area contributed by atoms with Crippen LogP contribution in [0.15, 0.2) is 37.9 Å². The van der Waals surface area contributed by atoms with Gasteiger partial charge in [0, 0.05) is 5.56 Å². The Labute approximate surface area is 127 Å². The van der Waals surface area contributed by atoms with Crippen LogP contribution in [0.1, 0.15) is 24.2 Å². The first-order valence-corrected chi connectivity index (χ1v) is 7.87. The minimum Gasteiger partial charge on any atom is -0.494 e. The van der Waals surface area contributed by atoms with Crippen molar-refractivity contribution >= 4 is 43.2 Å². The normalized spacial score (nSPS) is 12.4. The van der Waals surface area contributed by atoms with Gasteiger partial charge < -0.3 is 9.84 Å². The minimum absolute atomic E-state index is 0.618. The summed E-state index contributed by atoms with van der Waals surface area (Å²) < 4.78 is 7.36. The van der Waals surface area contributed by atoms with Crippen molar-refractivity contribution in [1.29, 1.82) is 0 Å². The zero-order chi connectivity index (χ0) is 13.1. The highest BCUT2D eigenvalue weighted by molar-refractivity contribution is 9.12. The molecule has 2 rings (SSSR count). The molecule has 1 aromatic heterocycles. The minimum atomic E-state index is -0.651. The number of hydrogen-bond donors (Lipinski definition) is 1. The molecule has 2 nitrogen and oxygen atoms in total. The molecule has 0 saturated heterocycles. The first-order valence-electron chi connectivity index (χ1n) is 5.47. The van der Waals surface area contributed by atoms with E-state index >= 15 is 0 Å². The van der Waals surface area contributed by atoms with Crippen LogP contribution in [-0.2, 0) is 0 Å². The van der Waals surface area contributed by atoms with Gasteiger partial charge in [-0.05, 0) is 62.5 Å². The zero-order valence-corrected chi connectivity index (χ0v) is 13.7. The summed E-state index contributed by atoms with van der Waals surface area (Å²) in [5, 5.41) is 10.4. The van der Waals surface area contributed by atoms with Gasteiger partial charge in [0.1, 0.15) is 11.9 Å². The second kappa shape index (κ2) is 6.19. The number of aliphatic hydroxyl groups excluding tert-OH is 1. The summed E-state index contributed by atoms with van der Waals surface area (Å²) in [5.41, 5.74) is 1.69. The highest BCUT2D eigenvalue weighted by Gasteiger charge is 2.16. The maximum absolute atomic E-state index is 10.4. The molecule has 5 heteroatoms. The Kier molecular flexibility index (Phi) is 4.84. The number of rotatable bonds is 4. The standard InChI is InChI=1S/C13H12Br2O2S/c1-2-17-9-5-3-4-8(6-9)12(16)10-7-11(14)18-13(10)15/h3-7,12,16H,2H2,1H3. The van der Waals surface area contributed by atoms with E-state index < -0.39 is 6.10 Å². The largest absolute Gasteiger partial charge is 0.494 e. The van der Waals surface area contributed by atoms with Crippen molar-refractivity contribution < 1.29 is 9.84 Å². The van der Waals surface area contributed by atoms with Crippen LogP contribution in [0.25, 0.3) is 0 Å². The quantitative estimate of drug-likeness (QED) is 0.814. The molecule has 1 aromatic carbocycles. The van der Waals surface area contributed by atoms with E-state index in [0.29, 0.717) is 6.61 Å². The molecule has 0 aliphatic heterocycles. The van der Waals surface area contributed by atoms with Crippen LogP contribution >= 0.6 is 43.2 Å². The third-order valence-corrected chi connectivity index (χ3v) is 4.85. The molecule has 0 amide bonds. The van der Waals surface area contributed by atoms with Crippen LogP contribution in [0.3, 0.4) is 0 Å². The highest BCUT2D eigenvalue weighted by atomic mass is 79.9. The smallest absolute Gasteiger partial charge is 0.119 e. The van der Waals surface area contributed by atoms with E-state index in [0.717, 1.165) is 24.4 Å². The average molecular weight is 392 g/mol. The molecule has 0 saturated carbocycles. The summed E-state index contributed by atoms with van der Waals surface area (Å²) in [6.07, 6.45) is -0.651. The predicted molar refractivity (Wildman–Crippen MR) is 81.4 cm³/mol. The van der Waals surface area contributed by atoms with E-state index in [2.05, 4.69) is 31.9 Å². The number of thiophene rings is 1. The van der Waals surface area contributed by atoms with Gasteiger partial charge in [-0.3, -0.25) is 0 Å². The maximum atomic E-state index is 10.4. The molecule has 18 heavy (non-hydrogen) atoms. The Balaban J connectivity index is 2.30. The fraction of sp³-hybridized carbons (Fsp3) is 0.231. The molecule has 96 valence electrons. The van der Waals surface area contributed by atoms with Crippen molar-refractivity contribution in [3.8, 4) is 5.75 Å². The Morgan fingerprint density at radius 3 is 2.72 bits per heavy atom. The number of benzene rings is 1. The van der Waals surface area contributed by atoms with E-state index in [1.165, 1.54) is 0 Å². The summed E-state index contributed by atoms with van der Waals surface area (Å²) in [6.45, 7) is 2.56. The lowest BCUT2D eigenvalue weighted by Gasteiger charge is -2.12. The fourth-order valence-corrected chi connectivity index (χ4v) is 4.54. The van der Waals surface area contributed by atoms with Crippen LogP contribution in [-0.4, -0.2) is 11.7 Å². The van der Waals surface area contributed by atoms with Gasteiger partial charge in [-0.15, -0.1) is 11.3 Å². The first kappa shape index (κ1) is 14.1. The number of aliphatic hydroxyl groups is 1. The molecule has 1 unspecified atom stereocenters. The Hall–Kier alpha value is -0.360. The van der Waals surface area contributed by atoms with Crippen molar-refractivity contribution in [2.45, 2.75) is 13.0 Å². The number of ether oxygens (including phenoxy) is 1. The molecule has 1 heterocycles. The summed E-state index contributed by atoms with van der Waals surface area (Å²) in [5.74, 6) is 0.777. The molecule has 0 spiro atoms. The van der Waals surface area contributed by atoms with Crippen molar-refractivity contribution in [3.63, 3.8) is 0 Å². The van der Waals surface area contributed by atoms with Crippen molar-refractivity contribution in [2.75, 3.05) is 6.61 Å². The van der Waals surface area contributed by atoms with E-state index in [1.54, 1.807) is 11.3 Å². The molecular formula is C13H12Br2O2S. The molecule has 0 aliphatic rings. The fourth-order valence-electron chi connectivity index (χ4n) is 1.66. The first-order chi connectivity index (χ1) is 8.61. The van der Waals surface area contributed by atoms with E-state index in [9.17, 15) is 5.11 Å². The molecule has 0 bridgehead atoms. The Bertz CT molecular complexity index is 540. The molecule has 0 fully saturated rings. The topological polar surface area (TPSA) is 29.5 Å². The lowest BCUT2D eigenvalue weighted by atomic mass is 10.0. The van der Waals surface area contributed by atoms with Crippen LogP contribution in [0, 0.1) is 0 Å². The summed E-state index contributed by atoms with van der Waals surface area (Å²) >= 11 is 8.43. The maximum Gasteiger partial charge on any atom is 0.119 e. The second-order valence-corrected chi connectivity index (χ2v) is 7.44. The molecule has 1 N–H and O–H groups in total. The summed E-state index contributed by atoms with van der Waals surface area (Å²) in [7, 11) is 0. The van der Waals surface area contributed by atoms with Crippen LogP contribution < -0.4 is 4.74 Å². The van der Waals surface area contributed by atoms with Gasteiger partial charge in [0.25, 0.3) is 0 Å². The van der Waals surface area contributed by atoms with E-state index in [-0.39, 0.29) is 0 Å². The van der Waals surface area contributed by atoms with Gasteiger partial charge in [0.05, 0.1) is 14.2 Å². The van der Waals surface area contributed by atoms with Gasteiger partial charge in [-0.1, -0.05) is 12.1 Å². The second-order valence-electron chi connectivity index (χ2n) is 3.69. The Morgan fingerprint density at radius 1 is 1.33 bits per heavy atom. The molecule has 0 aliphatic carbocycles. The molecule has 0 radical (unpaired) electrons. The summed E-state index contributed by atoms with van der Waals surface area (Å²) in [6, 6.07) is 9.46. The number of halogens is 2. The lowest BCUT2D eigenvalue weighted by molar-refractivity contribution is 0.219. The van der Waals surface area contributed by atoms with Crippen LogP contribution in [0.5, 0.6) is 5.75 Å². The van der Waals surface area contributed by atoms with Crippen molar-refractivity contribution in [3.05, 3.63) is 49.0 Å². The summed E-state index contributed by atoms with van der Waals surface area (Å²) in [4.78, 5) is 0. The van der Waals surface area contributed by atoms with Crippen LogP contribution in [0.4, 0.5) is 0 Å². The van der Waals surface area contributed by atoms with Gasteiger partial charge in [0.2, 0.25) is 0 Å². The predicted octanol–water partition coefficient (Wildman–Crippen LogP) is 4.75. The Morgan fingerprint density at radius 2 is 2.11 bits per heavy atom. The zero-order valence-electron chi connectivity index (χ0n) is 9.69. The van der Waals surface area contributed by atoms with E-state index in [4.69, 9.17) is 4.74 Å². The van der Waals surface area contributed by atoms with Gasteiger partial charge >= 0.3 is 0 Å². The molecule has 1 atom stereocenters. The van der Waals surface area contributed by atoms with Crippen molar-refractivity contribution in [2.24, 2.45) is 0 Å². The van der Waals surface area contributed by atoms with Gasteiger partial charge in [-0.2, -0.15) is 0 Å². The van der Waals surface area contributed by atoms with Crippen LogP contribution in [0.2, 0.25) is 0 Å². The van der Waals surface area contributed by atoms with Crippen molar-refractivity contribution in [1.82, 2.24) is 0 Å². The third kappa shape index (κ3) is 3.15. The lowest BCUT2D eigenvalue weighted by Crippen LogP contribution is -2.00. The molecular weight excluding hydrogens is 380 g/mol. The van der Waals surface area contributed by atoms with Gasteiger partial charge in [0.15, 0.2) is 0 Å².